The Morgan fingerprint density at radius 3 is 3.00 bits per heavy atom. The van der Waals surface area contributed by atoms with Crippen molar-refractivity contribution in [3.63, 3.8) is 0 Å². The van der Waals surface area contributed by atoms with Crippen LogP contribution in [0.5, 0.6) is 5.75 Å². The highest BCUT2D eigenvalue weighted by Crippen LogP contribution is 2.32. The molecule has 2 aliphatic heterocycles. The molecule has 0 radical (unpaired) electrons. The van der Waals surface area contributed by atoms with E-state index in [1.54, 1.807) is 6.07 Å². The van der Waals surface area contributed by atoms with Gasteiger partial charge in [0.1, 0.15) is 5.75 Å². The standard InChI is InChI=1S/C13H15NO/c15-13-3-1-2-9(8-13)10-6-11-4-5-12(7-10)14-11/h1-3,6,8,11-12,14-15H,4-5,7H2. The van der Waals surface area contributed by atoms with Crippen molar-refractivity contribution < 1.29 is 5.11 Å². The molecule has 15 heavy (non-hydrogen) atoms. The molecule has 2 unspecified atom stereocenters. The maximum Gasteiger partial charge on any atom is 0.116 e. The first-order valence-corrected chi connectivity index (χ1v) is 5.57. The minimum atomic E-state index is 0.360. The van der Waals surface area contributed by atoms with Crippen molar-refractivity contribution >= 4 is 5.57 Å². The topological polar surface area (TPSA) is 32.3 Å². The van der Waals surface area contributed by atoms with E-state index in [9.17, 15) is 5.11 Å². The van der Waals surface area contributed by atoms with Gasteiger partial charge in [0, 0.05) is 12.1 Å². The predicted octanol–water partition coefficient (Wildman–Crippen LogP) is 2.30. The summed E-state index contributed by atoms with van der Waals surface area (Å²) in [6.07, 6.45) is 5.95. The highest BCUT2D eigenvalue weighted by Gasteiger charge is 2.28. The molecule has 1 fully saturated rings. The van der Waals surface area contributed by atoms with Gasteiger partial charge in [0.2, 0.25) is 0 Å². The van der Waals surface area contributed by atoms with Gasteiger partial charge in [-0.25, -0.2) is 0 Å². The average molecular weight is 201 g/mol. The SMILES string of the molecule is Oc1cccc(C2=CC3CCC(C2)N3)c1. The summed E-state index contributed by atoms with van der Waals surface area (Å²) in [6.45, 7) is 0. The summed E-state index contributed by atoms with van der Waals surface area (Å²) in [4.78, 5) is 0. The molecular weight excluding hydrogens is 186 g/mol. The quantitative estimate of drug-likeness (QED) is 0.730. The second kappa shape index (κ2) is 3.38. The number of fused-ring (bicyclic) bond motifs is 2. The van der Waals surface area contributed by atoms with Crippen LogP contribution < -0.4 is 5.32 Å². The molecule has 1 aromatic carbocycles. The first-order valence-electron chi connectivity index (χ1n) is 5.57. The van der Waals surface area contributed by atoms with Crippen molar-refractivity contribution in [1.29, 1.82) is 0 Å². The molecule has 2 nitrogen and oxygen atoms in total. The zero-order valence-electron chi connectivity index (χ0n) is 8.61. The van der Waals surface area contributed by atoms with Crippen molar-refractivity contribution in [3.8, 4) is 5.75 Å². The lowest BCUT2D eigenvalue weighted by atomic mass is 9.96. The lowest BCUT2D eigenvalue weighted by Gasteiger charge is -2.21. The number of nitrogens with one attached hydrogen (secondary N) is 1. The molecule has 2 atom stereocenters. The highest BCUT2D eigenvalue weighted by atomic mass is 16.3. The Kier molecular flexibility index (Phi) is 2.03. The second-order valence-corrected chi connectivity index (χ2v) is 4.49. The van der Waals surface area contributed by atoms with Crippen LogP contribution in [-0.4, -0.2) is 17.2 Å². The Morgan fingerprint density at radius 1 is 1.27 bits per heavy atom. The van der Waals surface area contributed by atoms with Crippen LogP contribution in [0.4, 0.5) is 0 Å². The van der Waals surface area contributed by atoms with Crippen LogP contribution in [0.25, 0.3) is 5.57 Å². The molecule has 2 heterocycles. The fourth-order valence-electron chi connectivity index (χ4n) is 2.64. The van der Waals surface area contributed by atoms with E-state index in [4.69, 9.17) is 0 Å². The second-order valence-electron chi connectivity index (χ2n) is 4.49. The molecule has 0 spiro atoms. The number of aromatic hydroxyl groups is 1. The first kappa shape index (κ1) is 8.98. The number of benzene rings is 1. The summed E-state index contributed by atoms with van der Waals surface area (Å²) < 4.78 is 0. The van der Waals surface area contributed by atoms with Gasteiger partial charge in [0.25, 0.3) is 0 Å². The Hall–Kier alpha value is -1.28. The third kappa shape index (κ3) is 1.65. The molecule has 2 N–H and O–H groups in total. The van der Waals surface area contributed by atoms with Crippen LogP contribution in [0, 0.1) is 0 Å². The van der Waals surface area contributed by atoms with Gasteiger partial charge in [-0.2, -0.15) is 0 Å². The number of phenolic OH excluding ortho intramolecular Hbond substituents is 1. The fraction of sp³-hybridized carbons (Fsp3) is 0.385. The van der Waals surface area contributed by atoms with Crippen molar-refractivity contribution in [2.24, 2.45) is 0 Å². The summed E-state index contributed by atoms with van der Waals surface area (Å²) in [7, 11) is 0. The van der Waals surface area contributed by atoms with Gasteiger partial charge in [0.15, 0.2) is 0 Å². The highest BCUT2D eigenvalue weighted by molar-refractivity contribution is 5.69. The van der Waals surface area contributed by atoms with E-state index in [1.807, 2.05) is 12.1 Å². The van der Waals surface area contributed by atoms with Gasteiger partial charge >= 0.3 is 0 Å². The normalized spacial score (nSPS) is 28.9. The van der Waals surface area contributed by atoms with Gasteiger partial charge < -0.3 is 10.4 Å². The zero-order chi connectivity index (χ0) is 10.3. The van der Waals surface area contributed by atoms with Crippen LogP contribution >= 0.6 is 0 Å². The number of phenols is 1. The van der Waals surface area contributed by atoms with E-state index in [0.29, 0.717) is 17.8 Å². The van der Waals surface area contributed by atoms with E-state index in [1.165, 1.54) is 24.0 Å². The van der Waals surface area contributed by atoms with Crippen molar-refractivity contribution in [3.05, 3.63) is 35.9 Å². The predicted molar refractivity (Wildman–Crippen MR) is 60.6 cm³/mol. The number of rotatable bonds is 1. The minimum absolute atomic E-state index is 0.360. The third-order valence-corrected chi connectivity index (χ3v) is 3.36. The third-order valence-electron chi connectivity index (χ3n) is 3.36. The van der Waals surface area contributed by atoms with E-state index < -0.39 is 0 Å². The van der Waals surface area contributed by atoms with Crippen molar-refractivity contribution in [2.45, 2.75) is 31.3 Å². The summed E-state index contributed by atoms with van der Waals surface area (Å²) >= 11 is 0. The zero-order valence-corrected chi connectivity index (χ0v) is 8.61. The Morgan fingerprint density at radius 2 is 2.20 bits per heavy atom. The smallest absolute Gasteiger partial charge is 0.116 e. The van der Waals surface area contributed by atoms with Crippen LogP contribution in [0.1, 0.15) is 24.8 Å². The molecule has 0 saturated carbocycles. The van der Waals surface area contributed by atoms with Gasteiger partial charge in [-0.05, 0) is 42.5 Å². The lowest BCUT2D eigenvalue weighted by molar-refractivity contribution is 0.475. The van der Waals surface area contributed by atoms with E-state index in [2.05, 4.69) is 17.5 Å². The molecule has 1 aromatic rings. The maximum atomic E-state index is 9.45. The summed E-state index contributed by atoms with van der Waals surface area (Å²) in [6, 6.07) is 8.78. The molecule has 2 bridgehead atoms. The number of hydrogen-bond donors (Lipinski definition) is 2. The Balaban J connectivity index is 1.94. The monoisotopic (exact) mass is 201 g/mol. The molecule has 78 valence electrons. The molecule has 2 aliphatic rings. The summed E-state index contributed by atoms with van der Waals surface area (Å²) in [5.74, 6) is 0.360. The van der Waals surface area contributed by atoms with E-state index in [0.717, 1.165) is 6.42 Å². The van der Waals surface area contributed by atoms with Crippen LogP contribution in [0.2, 0.25) is 0 Å². The molecule has 1 saturated heterocycles. The van der Waals surface area contributed by atoms with Crippen molar-refractivity contribution in [1.82, 2.24) is 5.32 Å². The van der Waals surface area contributed by atoms with E-state index in [-0.39, 0.29) is 0 Å². The molecular formula is C13H15NO. The average Bonchev–Trinajstić information content (AvgIpc) is 2.58. The van der Waals surface area contributed by atoms with Gasteiger partial charge in [0.05, 0.1) is 0 Å². The molecule has 0 amide bonds. The molecule has 2 heteroatoms. The minimum Gasteiger partial charge on any atom is -0.508 e. The van der Waals surface area contributed by atoms with Gasteiger partial charge in [-0.15, -0.1) is 0 Å². The molecule has 0 aromatic heterocycles. The fourth-order valence-corrected chi connectivity index (χ4v) is 2.64. The van der Waals surface area contributed by atoms with Gasteiger partial charge in [-0.3, -0.25) is 0 Å². The first-order chi connectivity index (χ1) is 7.31. The Labute approximate surface area is 89.6 Å². The van der Waals surface area contributed by atoms with Crippen LogP contribution in [0.3, 0.4) is 0 Å². The molecule has 3 rings (SSSR count). The van der Waals surface area contributed by atoms with E-state index >= 15 is 0 Å². The molecule has 0 aliphatic carbocycles. The van der Waals surface area contributed by atoms with Crippen molar-refractivity contribution in [2.75, 3.05) is 0 Å². The number of hydrogen-bond acceptors (Lipinski definition) is 2. The summed E-state index contributed by atoms with van der Waals surface area (Å²) in [5.41, 5.74) is 2.56. The maximum absolute atomic E-state index is 9.45. The Bertz CT molecular complexity index is 411. The summed E-state index contributed by atoms with van der Waals surface area (Å²) in [5, 5.41) is 13.0. The largest absolute Gasteiger partial charge is 0.508 e. The van der Waals surface area contributed by atoms with Crippen LogP contribution in [-0.2, 0) is 0 Å². The van der Waals surface area contributed by atoms with Gasteiger partial charge in [-0.1, -0.05) is 18.2 Å². The lowest BCUT2D eigenvalue weighted by Crippen LogP contribution is -2.31. The van der Waals surface area contributed by atoms with Crippen LogP contribution in [0.15, 0.2) is 30.3 Å².